The van der Waals surface area contributed by atoms with Crippen LogP contribution in [-0.2, 0) is 11.3 Å². The summed E-state index contributed by atoms with van der Waals surface area (Å²) in [5, 5.41) is 12.0. The lowest BCUT2D eigenvalue weighted by atomic mass is 10.1. The van der Waals surface area contributed by atoms with E-state index in [1.165, 1.54) is 0 Å². The zero-order valence-electron chi connectivity index (χ0n) is 12.3. The van der Waals surface area contributed by atoms with Gasteiger partial charge >= 0.3 is 0 Å². The molecule has 0 spiro atoms. The smallest absolute Gasteiger partial charge is 0.254 e. The minimum Gasteiger partial charge on any atom is -0.389 e. The van der Waals surface area contributed by atoms with Gasteiger partial charge in [-0.25, -0.2) is 0 Å². The number of rotatable bonds is 4. The molecule has 0 unspecified atom stereocenters. The molecule has 0 aliphatic carbocycles. The number of aliphatic hydroxyl groups is 1. The third kappa shape index (κ3) is 4.16. The van der Waals surface area contributed by atoms with E-state index in [9.17, 15) is 14.7 Å². The Kier molecular flexibility index (Phi) is 4.75. The molecule has 0 saturated carbocycles. The van der Waals surface area contributed by atoms with Gasteiger partial charge in [0.05, 0.1) is 6.10 Å². The lowest BCUT2D eigenvalue weighted by Gasteiger charge is -2.35. The van der Waals surface area contributed by atoms with Crippen molar-refractivity contribution in [2.24, 2.45) is 0 Å². The minimum atomic E-state index is -0.390. The van der Waals surface area contributed by atoms with Crippen LogP contribution < -0.4 is 5.32 Å². The Balaban J connectivity index is 1.89. The molecular formula is C16H20N2O3. The molecule has 1 aromatic carbocycles. The maximum absolute atomic E-state index is 12.0. The number of nitrogens with zero attached hydrogens (tertiary/aromatic N) is 1. The summed E-state index contributed by atoms with van der Waals surface area (Å²) in [6.07, 6.45) is 1.16. The Morgan fingerprint density at radius 1 is 1.29 bits per heavy atom. The number of benzene rings is 1. The molecule has 0 radical (unpaired) electrons. The largest absolute Gasteiger partial charge is 0.389 e. The Hall–Kier alpha value is -2.14. The standard InChI is InChI=1S/C16H20N2O3/c1-11(2)7-15(20)17-8-12-3-5-13(6-4-12)16(21)18-9-14(19)10-18/h3-7,14,19H,8-10H2,1-2H3,(H,17,20). The molecule has 0 atom stereocenters. The van der Waals surface area contributed by atoms with Gasteiger partial charge in [0.15, 0.2) is 0 Å². The molecule has 2 rings (SSSR count). The van der Waals surface area contributed by atoms with Crippen LogP contribution in [0.5, 0.6) is 0 Å². The summed E-state index contributed by atoms with van der Waals surface area (Å²) in [6.45, 7) is 4.97. The van der Waals surface area contributed by atoms with E-state index in [4.69, 9.17) is 0 Å². The quantitative estimate of drug-likeness (QED) is 0.815. The molecule has 5 nitrogen and oxygen atoms in total. The summed E-state index contributed by atoms with van der Waals surface area (Å²) in [6, 6.07) is 7.14. The van der Waals surface area contributed by atoms with Crippen molar-refractivity contribution in [3.8, 4) is 0 Å². The topological polar surface area (TPSA) is 69.6 Å². The van der Waals surface area contributed by atoms with Crippen LogP contribution in [0, 0.1) is 0 Å². The minimum absolute atomic E-state index is 0.0690. The van der Waals surface area contributed by atoms with Crippen molar-refractivity contribution in [2.75, 3.05) is 13.1 Å². The summed E-state index contributed by atoms with van der Waals surface area (Å²) >= 11 is 0. The second-order valence-electron chi connectivity index (χ2n) is 5.50. The molecule has 21 heavy (non-hydrogen) atoms. The number of carbonyl (C=O) groups is 2. The molecule has 1 heterocycles. The third-order valence-corrected chi connectivity index (χ3v) is 3.24. The third-order valence-electron chi connectivity index (χ3n) is 3.24. The maximum Gasteiger partial charge on any atom is 0.254 e. The highest BCUT2D eigenvalue weighted by molar-refractivity contribution is 5.94. The first kappa shape index (κ1) is 15.3. The molecule has 0 aromatic heterocycles. The molecule has 5 heteroatoms. The molecule has 2 amide bonds. The highest BCUT2D eigenvalue weighted by Gasteiger charge is 2.29. The molecule has 1 aromatic rings. The van der Waals surface area contributed by atoms with Crippen molar-refractivity contribution in [3.63, 3.8) is 0 Å². The summed E-state index contributed by atoms with van der Waals surface area (Å²) < 4.78 is 0. The molecule has 1 aliphatic heterocycles. The van der Waals surface area contributed by atoms with Crippen LogP contribution >= 0.6 is 0 Å². The summed E-state index contributed by atoms with van der Waals surface area (Å²) in [7, 11) is 0. The van der Waals surface area contributed by atoms with Gasteiger partial charge in [-0.15, -0.1) is 0 Å². The van der Waals surface area contributed by atoms with Gasteiger partial charge in [-0.05, 0) is 31.5 Å². The summed E-state index contributed by atoms with van der Waals surface area (Å²) in [5.41, 5.74) is 2.48. The highest BCUT2D eigenvalue weighted by Crippen LogP contribution is 2.14. The molecular weight excluding hydrogens is 268 g/mol. The number of likely N-dealkylation sites (tertiary alicyclic amines) is 1. The van der Waals surface area contributed by atoms with Crippen molar-refractivity contribution >= 4 is 11.8 Å². The van der Waals surface area contributed by atoms with Crippen molar-refractivity contribution in [1.29, 1.82) is 0 Å². The first-order valence-corrected chi connectivity index (χ1v) is 6.94. The first-order valence-electron chi connectivity index (χ1n) is 6.94. The van der Waals surface area contributed by atoms with Crippen molar-refractivity contribution < 1.29 is 14.7 Å². The number of hydrogen-bond donors (Lipinski definition) is 2. The van der Waals surface area contributed by atoms with Gasteiger partial charge in [-0.3, -0.25) is 9.59 Å². The Morgan fingerprint density at radius 2 is 1.90 bits per heavy atom. The number of nitrogens with one attached hydrogen (secondary N) is 1. The number of hydrogen-bond acceptors (Lipinski definition) is 3. The van der Waals surface area contributed by atoms with Crippen molar-refractivity contribution in [3.05, 3.63) is 47.0 Å². The average molecular weight is 288 g/mol. The molecule has 112 valence electrons. The van der Waals surface area contributed by atoms with Crippen LogP contribution in [0.25, 0.3) is 0 Å². The van der Waals surface area contributed by atoms with Gasteiger partial charge in [-0.2, -0.15) is 0 Å². The molecule has 2 N–H and O–H groups in total. The van der Waals surface area contributed by atoms with E-state index >= 15 is 0 Å². The average Bonchev–Trinajstić information content (AvgIpc) is 2.41. The maximum atomic E-state index is 12.0. The fraction of sp³-hybridized carbons (Fsp3) is 0.375. The Labute approximate surface area is 124 Å². The molecule has 0 bridgehead atoms. The van der Waals surface area contributed by atoms with Crippen LogP contribution in [0.1, 0.15) is 29.8 Å². The van der Waals surface area contributed by atoms with Gasteiger partial charge in [0.1, 0.15) is 0 Å². The van der Waals surface area contributed by atoms with Gasteiger partial charge in [0.2, 0.25) is 5.91 Å². The predicted molar refractivity (Wildman–Crippen MR) is 79.6 cm³/mol. The number of amides is 2. The predicted octanol–water partition coefficient (Wildman–Crippen LogP) is 1.09. The van der Waals surface area contributed by atoms with Crippen LogP contribution in [0.3, 0.4) is 0 Å². The first-order chi connectivity index (χ1) is 9.95. The SMILES string of the molecule is CC(C)=CC(=O)NCc1ccc(C(=O)N2CC(O)C2)cc1. The van der Waals surface area contributed by atoms with E-state index in [1.54, 1.807) is 23.1 Å². The zero-order valence-corrected chi connectivity index (χ0v) is 12.3. The normalized spacial score (nSPS) is 14.3. The van der Waals surface area contributed by atoms with Crippen LogP contribution in [0.15, 0.2) is 35.9 Å². The highest BCUT2D eigenvalue weighted by atomic mass is 16.3. The fourth-order valence-corrected chi connectivity index (χ4v) is 2.07. The van der Waals surface area contributed by atoms with Crippen LogP contribution in [0.4, 0.5) is 0 Å². The summed E-state index contributed by atoms with van der Waals surface area (Å²) in [4.78, 5) is 25.1. The van der Waals surface area contributed by atoms with E-state index in [2.05, 4.69) is 5.32 Å². The van der Waals surface area contributed by atoms with Gasteiger partial charge < -0.3 is 15.3 Å². The number of β-amino-alcohol motifs (C(OH)–C–C–N with tert-alkyl or cyclic N) is 1. The van der Waals surface area contributed by atoms with Gasteiger partial charge in [0, 0.05) is 31.3 Å². The second-order valence-corrected chi connectivity index (χ2v) is 5.50. The van der Waals surface area contributed by atoms with Crippen LogP contribution in [0.2, 0.25) is 0 Å². The zero-order chi connectivity index (χ0) is 15.4. The molecule has 1 aliphatic rings. The fourth-order valence-electron chi connectivity index (χ4n) is 2.07. The van der Waals surface area contributed by atoms with Gasteiger partial charge in [-0.1, -0.05) is 17.7 Å². The van der Waals surface area contributed by atoms with E-state index in [-0.39, 0.29) is 11.8 Å². The van der Waals surface area contributed by atoms with Crippen LogP contribution in [-0.4, -0.2) is 41.0 Å². The number of allylic oxidation sites excluding steroid dienone is 1. The van der Waals surface area contributed by atoms with Gasteiger partial charge in [0.25, 0.3) is 5.91 Å². The lowest BCUT2D eigenvalue weighted by molar-refractivity contribution is -0.116. The Bertz CT molecular complexity index is 553. The van der Waals surface area contributed by atoms with Crippen molar-refractivity contribution in [1.82, 2.24) is 10.2 Å². The van der Waals surface area contributed by atoms with E-state index in [0.717, 1.165) is 11.1 Å². The van der Waals surface area contributed by atoms with E-state index in [1.807, 2.05) is 26.0 Å². The van der Waals surface area contributed by atoms with E-state index in [0.29, 0.717) is 25.2 Å². The molecule has 1 fully saturated rings. The number of aliphatic hydroxyl groups excluding tert-OH is 1. The number of carbonyl (C=O) groups excluding carboxylic acids is 2. The Morgan fingerprint density at radius 3 is 2.43 bits per heavy atom. The molecule has 1 saturated heterocycles. The monoisotopic (exact) mass is 288 g/mol. The lowest BCUT2D eigenvalue weighted by Crippen LogP contribution is -2.53. The summed E-state index contributed by atoms with van der Waals surface area (Å²) in [5.74, 6) is -0.190. The second kappa shape index (κ2) is 6.54. The van der Waals surface area contributed by atoms with E-state index < -0.39 is 6.10 Å². The van der Waals surface area contributed by atoms with Crippen molar-refractivity contribution in [2.45, 2.75) is 26.5 Å².